The number of nitrogens with one attached hydrogen (secondary N) is 1. The minimum absolute atomic E-state index is 0.0464. The molecule has 2 aromatic carbocycles. The van der Waals surface area contributed by atoms with Crippen LogP contribution < -0.4 is 10.2 Å². The van der Waals surface area contributed by atoms with Gasteiger partial charge in [0.2, 0.25) is 0 Å². The van der Waals surface area contributed by atoms with Gasteiger partial charge in [-0.25, -0.2) is 0 Å². The van der Waals surface area contributed by atoms with Crippen LogP contribution in [0, 0.1) is 0 Å². The highest BCUT2D eigenvalue weighted by atomic mass is 35.5. The first kappa shape index (κ1) is 15.1. The maximum absolute atomic E-state index is 12.0. The monoisotopic (exact) mass is 300 g/mol. The van der Waals surface area contributed by atoms with Crippen LogP contribution in [-0.2, 0) is 0 Å². The molecule has 0 amide bonds. The molecule has 0 saturated heterocycles. The third-order valence-corrected chi connectivity index (χ3v) is 3.21. The molecular formula is C17H17ClN2O. The Labute approximate surface area is 129 Å². The van der Waals surface area contributed by atoms with Gasteiger partial charge in [0, 0.05) is 48.3 Å². The molecule has 0 saturated carbocycles. The molecule has 1 N–H and O–H groups in total. The fourth-order valence-electron chi connectivity index (χ4n) is 1.81. The summed E-state index contributed by atoms with van der Waals surface area (Å²) in [5, 5.41) is 3.67. The molecule has 0 atom stereocenters. The smallest absolute Gasteiger partial charge is 0.187 e. The van der Waals surface area contributed by atoms with Gasteiger partial charge in [0.1, 0.15) is 0 Å². The van der Waals surface area contributed by atoms with Crippen LogP contribution in [0.15, 0.2) is 60.8 Å². The zero-order valence-electron chi connectivity index (χ0n) is 12.0. The molecule has 0 bridgehead atoms. The van der Waals surface area contributed by atoms with E-state index in [0.29, 0.717) is 10.6 Å². The third kappa shape index (κ3) is 4.36. The van der Waals surface area contributed by atoms with E-state index in [-0.39, 0.29) is 5.78 Å². The molecule has 0 spiro atoms. The van der Waals surface area contributed by atoms with E-state index >= 15 is 0 Å². The van der Waals surface area contributed by atoms with Gasteiger partial charge in [-0.3, -0.25) is 4.79 Å². The molecule has 4 heteroatoms. The average molecular weight is 301 g/mol. The SMILES string of the molecule is CN(C)c1ccc(C(=O)/C=C\Nc2cccc(Cl)c2)cc1. The Balaban J connectivity index is 1.99. The molecule has 108 valence electrons. The number of rotatable bonds is 5. The third-order valence-electron chi connectivity index (χ3n) is 2.98. The Morgan fingerprint density at radius 3 is 2.48 bits per heavy atom. The number of nitrogens with zero attached hydrogens (tertiary/aromatic N) is 1. The molecule has 21 heavy (non-hydrogen) atoms. The van der Waals surface area contributed by atoms with Gasteiger partial charge in [0.05, 0.1) is 0 Å². The quantitative estimate of drug-likeness (QED) is 0.663. The molecule has 2 rings (SSSR count). The van der Waals surface area contributed by atoms with Crippen molar-refractivity contribution in [2.45, 2.75) is 0 Å². The van der Waals surface area contributed by atoms with E-state index < -0.39 is 0 Å². The Morgan fingerprint density at radius 1 is 1.14 bits per heavy atom. The summed E-state index contributed by atoms with van der Waals surface area (Å²) < 4.78 is 0. The van der Waals surface area contributed by atoms with Gasteiger partial charge >= 0.3 is 0 Å². The predicted molar refractivity (Wildman–Crippen MR) is 89.3 cm³/mol. The summed E-state index contributed by atoms with van der Waals surface area (Å²) in [4.78, 5) is 14.0. The molecule has 0 aliphatic rings. The van der Waals surface area contributed by atoms with Gasteiger partial charge in [-0.1, -0.05) is 17.7 Å². The van der Waals surface area contributed by atoms with Crippen LogP contribution in [0.5, 0.6) is 0 Å². The minimum Gasteiger partial charge on any atom is -0.378 e. The molecule has 0 heterocycles. The molecule has 2 aromatic rings. The number of halogens is 1. The van der Waals surface area contributed by atoms with Crippen LogP contribution in [0.4, 0.5) is 11.4 Å². The van der Waals surface area contributed by atoms with Crippen LogP contribution in [0.1, 0.15) is 10.4 Å². The number of allylic oxidation sites excluding steroid dienone is 1. The second-order valence-corrected chi connectivity index (χ2v) is 5.23. The topological polar surface area (TPSA) is 32.3 Å². The van der Waals surface area contributed by atoms with E-state index in [1.165, 1.54) is 6.08 Å². The highest BCUT2D eigenvalue weighted by Crippen LogP contribution is 2.15. The predicted octanol–water partition coefficient (Wildman–Crippen LogP) is 4.21. The van der Waals surface area contributed by atoms with E-state index in [4.69, 9.17) is 11.6 Å². The molecule has 0 fully saturated rings. The fourth-order valence-corrected chi connectivity index (χ4v) is 2.00. The summed E-state index contributed by atoms with van der Waals surface area (Å²) in [6.45, 7) is 0. The highest BCUT2D eigenvalue weighted by molar-refractivity contribution is 6.30. The van der Waals surface area contributed by atoms with Crippen LogP contribution in [0.3, 0.4) is 0 Å². The van der Waals surface area contributed by atoms with Gasteiger partial charge in [-0.05, 0) is 42.5 Å². The summed E-state index contributed by atoms with van der Waals surface area (Å²) in [5.74, 6) is -0.0464. The minimum atomic E-state index is -0.0464. The van der Waals surface area contributed by atoms with Gasteiger partial charge in [-0.15, -0.1) is 0 Å². The van der Waals surface area contributed by atoms with Gasteiger partial charge in [0.25, 0.3) is 0 Å². The highest BCUT2D eigenvalue weighted by Gasteiger charge is 2.02. The summed E-state index contributed by atoms with van der Waals surface area (Å²) in [7, 11) is 3.93. The fraction of sp³-hybridized carbons (Fsp3) is 0.118. The largest absolute Gasteiger partial charge is 0.378 e. The van der Waals surface area contributed by atoms with Crippen molar-refractivity contribution in [3.8, 4) is 0 Å². The first-order valence-electron chi connectivity index (χ1n) is 6.56. The standard InChI is InChI=1S/C17H17ClN2O/c1-20(2)16-8-6-13(7-9-16)17(21)10-11-19-15-5-3-4-14(18)12-15/h3-12,19H,1-2H3/b11-10-. The summed E-state index contributed by atoms with van der Waals surface area (Å²) in [6, 6.07) is 14.8. The zero-order chi connectivity index (χ0) is 15.2. The van der Waals surface area contributed by atoms with Crippen molar-refractivity contribution in [1.82, 2.24) is 0 Å². The van der Waals surface area contributed by atoms with E-state index in [2.05, 4.69) is 5.32 Å². The van der Waals surface area contributed by atoms with Crippen molar-refractivity contribution < 1.29 is 4.79 Å². The van der Waals surface area contributed by atoms with E-state index in [1.54, 1.807) is 18.3 Å². The average Bonchev–Trinajstić information content (AvgIpc) is 2.47. The van der Waals surface area contributed by atoms with Crippen molar-refractivity contribution in [1.29, 1.82) is 0 Å². The first-order valence-corrected chi connectivity index (χ1v) is 6.94. The van der Waals surface area contributed by atoms with Gasteiger partial charge < -0.3 is 10.2 Å². The maximum Gasteiger partial charge on any atom is 0.187 e. The molecule has 3 nitrogen and oxygen atoms in total. The van der Waals surface area contributed by atoms with Crippen molar-refractivity contribution in [2.24, 2.45) is 0 Å². The number of carbonyl (C=O) groups excluding carboxylic acids is 1. The van der Waals surface area contributed by atoms with Crippen LogP contribution in [-0.4, -0.2) is 19.9 Å². The van der Waals surface area contributed by atoms with Crippen LogP contribution in [0.2, 0.25) is 5.02 Å². The Morgan fingerprint density at radius 2 is 1.86 bits per heavy atom. The van der Waals surface area contributed by atoms with E-state index in [0.717, 1.165) is 11.4 Å². The second kappa shape index (κ2) is 6.95. The number of anilines is 2. The molecular weight excluding hydrogens is 284 g/mol. The molecule has 0 aliphatic carbocycles. The van der Waals surface area contributed by atoms with E-state index in [9.17, 15) is 4.79 Å². The Kier molecular flexibility index (Phi) is 5.01. The van der Waals surface area contributed by atoms with Crippen molar-refractivity contribution in [3.63, 3.8) is 0 Å². The number of carbonyl (C=O) groups is 1. The zero-order valence-corrected chi connectivity index (χ0v) is 12.8. The normalized spacial score (nSPS) is 10.6. The Bertz CT molecular complexity index is 648. The van der Waals surface area contributed by atoms with Crippen LogP contribution >= 0.6 is 11.6 Å². The Hall–Kier alpha value is -2.26. The molecule has 0 aromatic heterocycles. The van der Waals surface area contributed by atoms with Crippen LogP contribution in [0.25, 0.3) is 0 Å². The van der Waals surface area contributed by atoms with Gasteiger partial charge in [0.15, 0.2) is 5.78 Å². The lowest BCUT2D eigenvalue weighted by Crippen LogP contribution is -2.08. The molecule has 0 unspecified atom stereocenters. The second-order valence-electron chi connectivity index (χ2n) is 4.79. The number of hydrogen-bond donors (Lipinski definition) is 1. The first-order chi connectivity index (χ1) is 10.1. The summed E-state index contributed by atoms with van der Waals surface area (Å²) in [6.07, 6.45) is 3.12. The van der Waals surface area contributed by atoms with Crippen molar-refractivity contribution >= 4 is 28.8 Å². The number of ketones is 1. The number of hydrogen-bond acceptors (Lipinski definition) is 3. The van der Waals surface area contributed by atoms with Gasteiger partial charge in [-0.2, -0.15) is 0 Å². The van der Waals surface area contributed by atoms with E-state index in [1.807, 2.05) is 55.4 Å². The summed E-state index contributed by atoms with van der Waals surface area (Å²) >= 11 is 5.89. The lowest BCUT2D eigenvalue weighted by molar-refractivity contribution is 0.104. The van der Waals surface area contributed by atoms with Crippen molar-refractivity contribution in [2.75, 3.05) is 24.3 Å². The lowest BCUT2D eigenvalue weighted by atomic mass is 10.1. The molecule has 0 aliphatic heterocycles. The maximum atomic E-state index is 12.0. The molecule has 0 radical (unpaired) electrons. The lowest BCUT2D eigenvalue weighted by Gasteiger charge is -2.11. The number of benzene rings is 2. The van der Waals surface area contributed by atoms with Crippen molar-refractivity contribution in [3.05, 3.63) is 71.4 Å². The summed E-state index contributed by atoms with van der Waals surface area (Å²) in [5.41, 5.74) is 2.56.